The van der Waals surface area contributed by atoms with Gasteiger partial charge in [-0.15, -0.1) is 0 Å². The zero-order valence-corrected chi connectivity index (χ0v) is 12.1. The zero-order chi connectivity index (χ0) is 13.0. The molecule has 0 spiro atoms. The fraction of sp³-hybridized carbons (Fsp3) is 0.500. The van der Waals surface area contributed by atoms with Gasteiger partial charge in [-0.05, 0) is 30.4 Å². The first kappa shape index (κ1) is 13.6. The van der Waals surface area contributed by atoms with Gasteiger partial charge < -0.3 is 10.1 Å². The van der Waals surface area contributed by atoms with Crippen molar-refractivity contribution in [1.82, 2.24) is 5.32 Å². The summed E-state index contributed by atoms with van der Waals surface area (Å²) in [6, 6.07) is 8.93. The number of ether oxygens (including phenoxy) is 1. The van der Waals surface area contributed by atoms with Crippen LogP contribution in [-0.2, 0) is 9.53 Å². The van der Waals surface area contributed by atoms with Crippen molar-refractivity contribution < 1.29 is 9.53 Å². The van der Waals surface area contributed by atoms with E-state index in [2.05, 4.69) is 44.2 Å². The quantitative estimate of drug-likeness (QED) is 0.850. The number of halogens is 1. The second kappa shape index (κ2) is 6.34. The maximum Gasteiger partial charge on any atom is 0.306 e. The molecule has 1 aromatic rings. The second-order valence-corrected chi connectivity index (χ2v) is 5.52. The molecular weight excluding hydrogens is 294 g/mol. The average molecular weight is 312 g/mol. The normalized spacial score (nSPS) is 22.3. The summed E-state index contributed by atoms with van der Waals surface area (Å²) in [6.45, 7) is 0.708. The highest BCUT2D eigenvalue weighted by atomic mass is 79.9. The van der Waals surface area contributed by atoms with E-state index >= 15 is 0 Å². The first-order valence-corrected chi connectivity index (χ1v) is 7.04. The Balaban J connectivity index is 1.71. The molecule has 1 aliphatic rings. The molecule has 0 saturated heterocycles. The third-order valence-corrected chi connectivity index (χ3v) is 4.20. The van der Waals surface area contributed by atoms with Crippen LogP contribution in [0.1, 0.15) is 30.7 Å². The van der Waals surface area contributed by atoms with Gasteiger partial charge in [-0.2, -0.15) is 0 Å². The van der Waals surface area contributed by atoms with Crippen LogP contribution < -0.4 is 5.32 Å². The number of nitrogens with one attached hydrogen (secondary N) is 1. The largest absolute Gasteiger partial charge is 0.469 e. The maximum absolute atomic E-state index is 11.0. The SMILES string of the molecule is COC(=O)CCNC1CC(c2ccccc2Br)C1. The molecule has 98 valence electrons. The van der Waals surface area contributed by atoms with Gasteiger partial charge in [0.1, 0.15) is 0 Å². The summed E-state index contributed by atoms with van der Waals surface area (Å²) in [5, 5.41) is 3.39. The van der Waals surface area contributed by atoms with Crippen LogP contribution >= 0.6 is 15.9 Å². The third-order valence-electron chi connectivity index (χ3n) is 3.47. The van der Waals surface area contributed by atoms with Crippen LogP contribution in [0.4, 0.5) is 0 Å². The highest BCUT2D eigenvalue weighted by Crippen LogP contribution is 2.39. The first-order valence-electron chi connectivity index (χ1n) is 6.25. The molecule has 1 N–H and O–H groups in total. The van der Waals surface area contributed by atoms with E-state index < -0.39 is 0 Å². The monoisotopic (exact) mass is 311 g/mol. The van der Waals surface area contributed by atoms with Crippen LogP contribution in [0.25, 0.3) is 0 Å². The Morgan fingerprint density at radius 2 is 2.17 bits per heavy atom. The predicted octanol–water partition coefficient (Wildman–Crippen LogP) is 2.85. The molecule has 2 rings (SSSR count). The fourth-order valence-electron chi connectivity index (χ4n) is 2.33. The number of methoxy groups -OCH3 is 1. The van der Waals surface area contributed by atoms with Crippen molar-refractivity contribution in [3.8, 4) is 0 Å². The van der Waals surface area contributed by atoms with Crippen LogP contribution in [0.15, 0.2) is 28.7 Å². The lowest BCUT2D eigenvalue weighted by atomic mass is 9.76. The standard InChI is InChI=1S/C14H18BrNO2/c1-18-14(17)6-7-16-11-8-10(9-11)12-4-2-3-5-13(12)15/h2-5,10-11,16H,6-9H2,1H3. The van der Waals surface area contributed by atoms with Gasteiger partial charge in [-0.25, -0.2) is 0 Å². The number of rotatable bonds is 5. The molecule has 1 saturated carbocycles. The van der Waals surface area contributed by atoms with Gasteiger partial charge in [0, 0.05) is 17.1 Å². The van der Waals surface area contributed by atoms with Crippen LogP contribution in [-0.4, -0.2) is 25.7 Å². The molecule has 4 heteroatoms. The molecule has 18 heavy (non-hydrogen) atoms. The summed E-state index contributed by atoms with van der Waals surface area (Å²) in [7, 11) is 1.43. The lowest BCUT2D eigenvalue weighted by Crippen LogP contribution is -2.41. The summed E-state index contributed by atoms with van der Waals surface area (Å²) < 4.78 is 5.80. The number of esters is 1. The molecule has 0 bridgehead atoms. The molecule has 3 nitrogen and oxygen atoms in total. The Kier molecular flexibility index (Phi) is 4.78. The van der Waals surface area contributed by atoms with Crippen molar-refractivity contribution >= 4 is 21.9 Å². The molecule has 1 aromatic carbocycles. The minimum Gasteiger partial charge on any atom is -0.469 e. The molecule has 1 aliphatic carbocycles. The van der Waals surface area contributed by atoms with Crippen molar-refractivity contribution in [1.29, 1.82) is 0 Å². The lowest BCUT2D eigenvalue weighted by Gasteiger charge is -2.36. The highest BCUT2D eigenvalue weighted by Gasteiger charge is 2.30. The van der Waals surface area contributed by atoms with Crippen molar-refractivity contribution in [2.75, 3.05) is 13.7 Å². The number of hydrogen-bond donors (Lipinski definition) is 1. The molecule has 0 radical (unpaired) electrons. The van der Waals surface area contributed by atoms with Gasteiger partial charge in [0.2, 0.25) is 0 Å². The van der Waals surface area contributed by atoms with Gasteiger partial charge >= 0.3 is 5.97 Å². The number of carbonyl (C=O) groups is 1. The minimum absolute atomic E-state index is 0.149. The molecule has 0 heterocycles. The van der Waals surface area contributed by atoms with E-state index in [1.54, 1.807) is 0 Å². The van der Waals surface area contributed by atoms with Crippen molar-refractivity contribution in [3.63, 3.8) is 0 Å². The smallest absolute Gasteiger partial charge is 0.306 e. The Labute approximate surface area is 116 Å². The van der Waals surface area contributed by atoms with Crippen LogP contribution in [0.2, 0.25) is 0 Å². The Bertz CT molecular complexity index is 416. The maximum atomic E-state index is 11.0. The molecule has 1 fully saturated rings. The second-order valence-electron chi connectivity index (χ2n) is 4.67. The predicted molar refractivity (Wildman–Crippen MR) is 74.5 cm³/mol. The van der Waals surface area contributed by atoms with E-state index in [-0.39, 0.29) is 5.97 Å². The van der Waals surface area contributed by atoms with E-state index in [1.807, 2.05) is 6.07 Å². The van der Waals surface area contributed by atoms with Gasteiger partial charge in [0.25, 0.3) is 0 Å². The van der Waals surface area contributed by atoms with Crippen LogP contribution in [0.3, 0.4) is 0 Å². The first-order chi connectivity index (χ1) is 8.70. The summed E-state index contributed by atoms with van der Waals surface area (Å²) in [6.07, 6.45) is 2.74. The topological polar surface area (TPSA) is 38.3 Å². The van der Waals surface area contributed by atoms with Gasteiger partial charge in [-0.3, -0.25) is 4.79 Å². The molecule has 0 unspecified atom stereocenters. The van der Waals surface area contributed by atoms with Crippen molar-refractivity contribution in [2.24, 2.45) is 0 Å². The van der Waals surface area contributed by atoms with Gasteiger partial charge in [-0.1, -0.05) is 34.1 Å². The fourth-order valence-corrected chi connectivity index (χ4v) is 2.93. The number of carbonyl (C=O) groups excluding carboxylic acids is 1. The molecule has 0 amide bonds. The van der Waals surface area contributed by atoms with E-state index in [4.69, 9.17) is 0 Å². The van der Waals surface area contributed by atoms with E-state index in [0.29, 0.717) is 24.9 Å². The van der Waals surface area contributed by atoms with Crippen LogP contribution in [0.5, 0.6) is 0 Å². The van der Waals surface area contributed by atoms with E-state index in [1.165, 1.54) is 17.1 Å². The Morgan fingerprint density at radius 1 is 1.44 bits per heavy atom. The van der Waals surface area contributed by atoms with Crippen molar-refractivity contribution in [2.45, 2.75) is 31.2 Å². The minimum atomic E-state index is -0.149. The Morgan fingerprint density at radius 3 is 2.83 bits per heavy atom. The van der Waals surface area contributed by atoms with Gasteiger partial charge in [0.05, 0.1) is 13.5 Å². The molecule has 0 aromatic heterocycles. The van der Waals surface area contributed by atoms with Crippen molar-refractivity contribution in [3.05, 3.63) is 34.3 Å². The summed E-state index contributed by atoms with van der Waals surface area (Å²) in [5.41, 5.74) is 1.39. The van der Waals surface area contributed by atoms with Gasteiger partial charge in [0.15, 0.2) is 0 Å². The lowest BCUT2D eigenvalue weighted by molar-refractivity contribution is -0.140. The highest BCUT2D eigenvalue weighted by molar-refractivity contribution is 9.10. The summed E-state index contributed by atoms with van der Waals surface area (Å²) >= 11 is 3.59. The molecule has 0 atom stereocenters. The number of benzene rings is 1. The summed E-state index contributed by atoms with van der Waals surface area (Å²) in [5.74, 6) is 0.486. The Hall–Kier alpha value is -0.870. The third kappa shape index (κ3) is 3.33. The molecular formula is C14H18BrNO2. The van der Waals surface area contributed by atoms with E-state index in [0.717, 1.165) is 12.8 Å². The van der Waals surface area contributed by atoms with E-state index in [9.17, 15) is 4.79 Å². The number of hydrogen-bond acceptors (Lipinski definition) is 3. The average Bonchev–Trinajstić information content (AvgIpc) is 2.33. The van der Waals surface area contributed by atoms with Crippen LogP contribution in [0, 0.1) is 0 Å². The zero-order valence-electron chi connectivity index (χ0n) is 10.5. The molecule has 0 aliphatic heterocycles. The summed E-state index contributed by atoms with van der Waals surface area (Å²) in [4.78, 5) is 11.0.